The van der Waals surface area contributed by atoms with E-state index in [1.54, 1.807) is 4.90 Å². The summed E-state index contributed by atoms with van der Waals surface area (Å²) in [6, 6.07) is 2.98. The highest BCUT2D eigenvalue weighted by atomic mass is 32.2. The molecule has 0 spiro atoms. The van der Waals surface area contributed by atoms with Gasteiger partial charge in [-0.3, -0.25) is 4.90 Å². The van der Waals surface area contributed by atoms with Crippen LogP contribution in [0.15, 0.2) is 23.1 Å². The van der Waals surface area contributed by atoms with Crippen LogP contribution in [0.2, 0.25) is 0 Å². The van der Waals surface area contributed by atoms with Crippen molar-refractivity contribution < 1.29 is 26.0 Å². The second kappa shape index (κ2) is 7.56. The number of nitrogens with zero attached hydrogens (tertiary/aromatic N) is 3. The summed E-state index contributed by atoms with van der Waals surface area (Å²) in [6.45, 7) is 4.05. The van der Waals surface area contributed by atoms with Gasteiger partial charge in [0.1, 0.15) is 10.7 Å². The summed E-state index contributed by atoms with van der Waals surface area (Å²) in [5.74, 6) is -1.01. The summed E-state index contributed by atoms with van der Waals surface area (Å²) in [6.07, 6.45) is 2.18. The normalized spacial score (nSPS) is 23.6. The zero-order chi connectivity index (χ0) is 19.8. The maximum absolute atomic E-state index is 13.5. The van der Waals surface area contributed by atoms with E-state index in [-0.39, 0.29) is 5.69 Å². The molecule has 5 nitrogen and oxygen atoms in total. The smallest absolute Gasteiger partial charge is 0.368 e. The highest BCUT2D eigenvalue weighted by Gasteiger charge is 2.48. The molecular weight excluding hydrogens is 386 g/mol. The first-order valence-electron chi connectivity index (χ1n) is 8.88. The third-order valence-corrected chi connectivity index (χ3v) is 6.80. The lowest BCUT2D eigenvalue weighted by Crippen LogP contribution is -2.54. The lowest BCUT2D eigenvalue weighted by Gasteiger charge is -2.43. The Balaban J connectivity index is 1.79. The van der Waals surface area contributed by atoms with Crippen LogP contribution < -0.4 is 4.90 Å². The van der Waals surface area contributed by atoms with Crippen molar-refractivity contribution in [1.29, 1.82) is 0 Å². The van der Waals surface area contributed by atoms with Gasteiger partial charge in [-0.05, 0) is 44.6 Å². The molecule has 2 heterocycles. The lowest BCUT2D eigenvalue weighted by atomic mass is 10.0. The van der Waals surface area contributed by atoms with E-state index >= 15 is 0 Å². The quantitative estimate of drug-likeness (QED) is 0.717. The van der Waals surface area contributed by atoms with E-state index in [1.165, 1.54) is 0 Å². The molecule has 0 radical (unpaired) electrons. The molecular formula is C17H23F4N3O2S. The predicted octanol–water partition coefficient (Wildman–Crippen LogP) is 2.34. The second-order valence-electron chi connectivity index (χ2n) is 7.14. The van der Waals surface area contributed by atoms with E-state index in [0.29, 0.717) is 38.3 Å². The van der Waals surface area contributed by atoms with Crippen molar-refractivity contribution in [3.63, 3.8) is 0 Å². The Kier molecular flexibility index (Phi) is 5.69. The number of rotatable bonds is 3. The van der Waals surface area contributed by atoms with Crippen molar-refractivity contribution in [2.24, 2.45) is 0 Å². The third kappa shape index (κ3) is 4.22. The number of sulfone groups is 1. The van der Waals surface area contributed by atoms with Gasteiger partial charge >= 0.3 is 5.51 Å². The summed E-state index contributed by atoms with van der Waals surface area (Å²) < 4.78 is 76.3. The van der Waals surface area contributed by atoms with Gasteiger partial charge in [0.05, 0.1) is 5.69 Å². The molecule has 27 heavy (non-hydrogen) atoms. The first kappa shape index (κ1) is 20.3. The van der Waals surface area contributed by atoms with Gasteiger partial charge in [-0.2, -0.15) is 13.2 Å². The molecule has 1 unspecified atom stereocenters. The summed E-state index contributed by atoms with van der Waals surface area (Å²) >= 11 is 0. The molecule has 3 rings (SSSR count). The van der Waals surface area contributed by atoms with Gasteiger partial charge in [0.25, 0.3) is 9.84 Å². The van der Waals surface area contributed by atoms with Crippen LogP contribution in [0.1, 0.15) is 12.8 Å². The van der Waals surface area contributed by atoms with E-state index in [0.717, 1.165) is 38.1 Å². The Morgan fingerprint density at radius 1 is 1.07 bits per heavy atom. The fourth-order valence-electron chi connectivity index (χ4n) is 3.85. The van der Waals surface area contributed by atoms with Crippen LogP contribution in [0.4, 0.5) is 23.2 Å². The number of alkyl halides is 3. The van der Waals surface area contributed by atoms with Gasteiger partial charge in [-0.1, -0.05) is 0 Å². The largest absolute Gasteiger partial charge is 0.501 e. The molecule has 152 valence electrons. The van der Waals surface area contributed by atoms with Crippen molar-refractivity contribution in [3.05, 3.63) is 24.0 Å². The summed E-state index contributed by atoms with van der Waals surface area (Å²) in [4.78, 5) is 5.14. The van der Waals surface area contributed by atoms with E-state index in [1.807, 2.05) is 0 Å². The van der Waals surface area contributed by atoms with E-state index in [4.69, 9.17) is 0 Å². The van der Waals surface area contributed by atoms with E-state index < -0.39 is 26.1 Å². The molecule has 2 aliphatic rings. The number of piperazine rings is 1. The first-order valence-corrected chi connectivity index (χ1v) is 10.4. The topological polar surface area (TPSA) is 43.9 Å². The van der Waals surface area contributed by atoms with Crippen LogP contribution in [-0.2, 0) is 9.84 Å². The maximum Gasteiger partial charge on any atom is 0.501 e. The van der Waals surface area contributed by atoms with Crippen LogP contribution >= 0.6 is 0 Å². The number of hydrogen-bond donors (Lipinski definition) is 0. The average Bonchev–Trinajstić information content (AvgIpc) is 2.61. The molecule has 2 fully saturated rings. The molecule has 0 saturated carbocycles. The minimum Gasteiger partial charge on any atom is -0.368 e. The van der Waals surface area contributed by atoms with Crippen molar-refractivity contribution in [2.75, 3.05) is 51.2 Å². The second-order valence-corrected chi connectivity index (χ2v) is 9.05. The number of piperidine rings is 1. The third-order valence-electron chi connectivity index (χ3n) is 5.29. The summed E-state index contributed by atoms with van der Waals surface area (Å²) in [7, 11) is -3.56. The molecule has 2 saturated heterocycles. The number of likely N-dealkylation sites (tertiary alicyclic amines) is 1. The molecule has 1 atom stereocenters. The molecule has 10 heteroatoms. The fraction of sp³-hybridized carbons (Fsp3) is 0.647. The Bertz CT molecular complexity index is 777. The maximum atomic E-state index is 13.5. The molecule has 0 aromatic heterocycles. The Hall–Kier alpha value is -1.39. The number of halogens is 4. The summed E-state index contributed by atoms with van der Waals surface area (Å²) in [5, 5.41) is 0. The van der Waals surface area contributed by atoms with Gasteiger partial charge < -0.3 is 9.80 Å². The summed E-state index contributed by atoms with van der Waals surface area (Å²) in [5.41, 5.74) is -5.56. The number of hydrogen-bond acceptors (Lipinski definition) is 5. The van der Waals surface area contributed by atoms with Gasteiger partial charge in [-0.15, -0.1) is 0 Å². The average molecular weight is 409 g/mol. The van der Waals surface area contributed by atoms with Crippen LogP contribution in [-0.4, -0.2) is 76.1 Å². The molecule has 1 aromatic rings. The zero-order valence-corrected chi connectivity index (χ0v) is 15.9. The van der Waals surface area contributed by atoms with Crippen LogP contribution in [0.25, 0.3) is 0 Å². The lowest BCUT2D eigenvalue weighted by molar-refractivity contribution is -0.0435. The Morgan fingerprint density at radius 2 is 1.74 bits per heavy atom. The number of likely N-dealkylation sites (N-methyl/N-ethyl adjacent to an activating group) is 1. The fourth-order valence-corrected chi connectivity index (χ4v) is 4.84. The van der Waals surface area contributed by atoms with Crippen LogP contribution in [0, 0.1) is 5.82 Å². The number of anilines is 1. The van der Waals surface area contributed by atoms with Crippen LogP contribution in [0.5, 0.6) is 0 Å². The molecule has 0 bridgehead atoms. The van der Waals surface area contributed by atoms with Gasteiger partial charge in [0.2, 0.25) is 0 Å². The standard InChI is InChI=1S/C17H23F4N3O2S/c1-22-6-2-3-14(12-22)23-7-9-24(10-8-23)15-5-4-13(18)11-16(15)27(25,26)17(19,20)21/h4-5,11,14H,2-3,6-10,12H2,1H3. The molecule has 2 aliphatic heterocycles. The van der Waals surface area contributed by atoms with Crippen molar-refractivity contribution in [2.45, 2.75) is 29.3 Å². The first-order chi connectivity index (χ1) is 12.6. The highest BCUT2D eigenvalue weighted by Crippen LogP contribution is 2.36. The predicted molar refractivity (Wildman–Crippen MR) is 93.9 cm³/mol. The van der Waals surface area contributed by atoms with Crippen molar-refractivity contribution in [1.82, 2.24) is 9.80 Å². The van der Waals surface area contributed by atoms with Gasteiger partial charge in [0.15, 0.2) is 0 Å². The van der Waals surface area contributed by atoms with Gasteiger partial charge in [-0.25, -0.2) is 12.8 Å². The molecule has 0 amide bonds. The minimum absolute atomic E-state index is 0.0888. The molecule has 1 aromatic carbocycles. The SMILES string of the molecule is CN1CCCC(N2CCN(c3ccc(F)cc3S(=O)(=O)C(F)(F)F)CC2)C1. The Labute approximate surface area is 156 Å². The zero-order valence-electron chi connectivity index (χ0n) is 15.0. The minimum atomic E-state index is -5.62. The molecule has 0 N–H and O–H groups in total. The van der Waals surface area contributed by atoms with Gasteiger partial charge in [0, 0.05) is 38.8 Å². The Morgan fingerprint density at radius 3 is 2.33 bits per heavy atom. The van der Waals surface area contributed by atoms with E-state index in [2.05, 4.69) is 16.8 Å². The highest BCUT2D eigenvalue weighted by molar-refractivity contribution is 7.92. The van der Waals surface area contributed by atoms with Crippen molar-refractivity contribution >= 4 is 15.5 Å². The van der Waals surface area contributed by atoms with E-state index in [9.17, 15) is 26.0 Å². The van der Waals surface area contributed by atoms with Crippen LogP contribution in [0.3, 0.4) is 0 Å². The van der Waals surface area contributed by atoms with Crippen molar-refractivity contribution in [3.8, 4) is 0 Å². The number of benzene rings is 1. The molecule has 0 aliphatic carbocycles. The monoisotopic (exact) mass is 409 g/mol.